The molecule has 0 aromatic heterocycles. The second-order valence-electron chi connectivity index (χ2n) is 8.36. The summed E-state index contributed by atoms with van der Waals surface area (Å²) in [6.07, 6.45) is -4.13. The van der Waals surface area contributed by atoms with Crippen molar-refractivity contribution in [1.29, 1.82) is 0 Å². The zero-order valence-electron chi connectivity index (χ0n) is 18.1. The molecule has 170 valence electrons. The lowest BCUT2D eigenvalue weighted by Crippen LogP contribution is -2.49. The largest absolute Gasteiger partial charge is 0.471 e. The van der Waals surface area contributed by atoms with Crippen molar-refractivity contribution in [3.8, 4) is 0 Å². The van der Waals surface area contributed by atoms with Crippen LogP contribution in [0.2, 0.25) is 0 Å². The topological polar surface area (TPSA) is 68.2 Å². The molecule has 1 saturated heterocycles. The maximum Gasteiger partial charge on any atom is 0.471 e. The second-order valence-corrected chi connectivity index (χ2v) is 8.36. The number of rotatable bonds is 2. The van der Waals surface area contributed by atoms with Gasteiger partial charge in [0.1, 0.15) is 0 Å². The van der Waals surface area contributed by atoms with Crippen LogP contribution in [0.5, 0.6) is 0 Å². The molecule has 6 nitrogen and oxygen atoms in total. The van der Waals surface area contributed by atoms with E-state index in [4.69, 9.17) is 0 Å². The van der Waals surface area contributed by atoms with Crippen molar-refractivity contribution in [3.05, 3.63) is 53.1 Å². The Labute approximate surface area is 184 Å². The van der Waals surface area contributed by atoms with Crippen molar-refractivity contribution < 1.29 is 23.2 Å². The van der Waals surface area contributed by atoms with Gasteiger partial charge in [-0.25, -0.2) is 0 Å². The van der Waals surface area contributed by atoms with Gasteiger partial charge < -0.3 is 20.3 Å². The van der Waals surface area contributed by atoms with E-state index in [1.165, 1.54) is 0 Å². The number of halogens is 3. The minimum absolute atomic E-state index is 0.194. The number of carbonyl (C=O) groups excluding carboxylic acids is 1. The van der Waals surface area contributed by atoms with Gasteiger partial charge in [0.25, 0.3) is 0 Å². The Bertz CT molecular complexity index is 1080. The average Bonchev–Trinajstić information content (AvgIpc) is 2.86. The number of carbonyl (C=O) groups is 1. The Kier molecular flexibility index (Phi) is 5.52. The second kappa shape index (κ2) is 8.03. The number of hydrogen-bond donors (Lipinski definition) is 2. The van der Waals surface area contributed by atoms with E-state index in [2.05, 4.69) is 20.3 Å². The number of amides is 1. The SMILES string of the molecule is CC(=NO)c1ccc2c(c1)N(C)c1cccc(C)c1[C@H]1C[C@H](NC(=O)C(F)(F)F)CCN21. The van der Waals surface area contributed by atoms with Crippen LogP contribution in [0.4, 0.5) is 30.2 Å². The molecule has 0 radical (unpaired) electrons. The highest BCUT2D eigenvalue weighted by atomic mass is 19.4. The first-order valence-corrected chi connectivity index (χ1v) is 10.4. The Morgan fingerprint density at radius 1 is 1.19 bits per heavy atom. The van der Waals surface area contributed by atoms with Crippen LogP contribution in [-0.4, -0.2) is 42.6 Å². The standard InChI is InChI=1S/C23H25F3N4O2/c1-13-5-4-6-18-21(13)20-12-16(27-22(31)23(24,25)26)9-10-30(20)17-8-7-15(14(2)28-32)11-19(17)29(18)3/h4-8,11,16,20,32H,9-10,12H2,1-3H3,(H,27,31)/t16-,20-/m1/s1. The molecule has 0 spiro atoms. The minimum Gasteiger partial charge on any atom is -0.411 e. The van der Waals surface area contributed by atoms with Gasteiger partial charge in [-0.05, 0) is 50.5 Å². The maximum absolute atomic E-state index is 12.8. The van der Waals surface area contributed by atoms with Gasteiger partial charge in [0.2, 0.25) is 0 Å². The lowest BCUT2D eigenvalue weighted by Gasteiger charge is -2.41. The third-order valence-corrected chi connectivity index (χ3v) is 6.40. The van der Waals surface area contributed by atoms with Crippen molar-refractivity contribution in [3.63, 3.8) is 0 Å². The smallest absolute Gasteiger partial charge is 0.411 e. The fourth-order valence-corrected chi connectivity index (χ4v) is 4.76. The lowest BCUT2D eigenvalue weighted by atomic mass is 9.88. The number of piperidine rings is 1. The number of benzene rings is 2. The third kappa shape index (κ3) is 3.76. The predicted octanol–water partition coefficient (Wildman–Crippen LogP) is 4.66. The van der Waals surface area contributed by atoms with E-state index >= 15 is 0 Å². The zero-order valence-corrected chi connectivity index (χ0v) is 18.1. The molecule has 2 N–H and O–H groups in total. The number of nitrogens with one attached hydrogen (secondary N) is 1. The van der Waals surface area contributed by atoms with Crippen molar-refractivity contribution in [2.45, 2.75) is 44.9 Å². The molecule has 2 aliphatic heterocycles. The number of hydrogen-bond acceptors (Lipinski definition) is 5. The molecular formula is C23H25F3N4O2. The number of fused-ring (bicyclic) bond motifs is 5. The molecule has 0 saturated carbocycles. The number of anilines is 3. The molecule has 1 fully saturated rings. The van der Waals surface area contributed by atoms with Gasteiger partial charge >= 0.3 is 12.1 Å². The molecule has 2 atom stereocenters. The molecule has 1 amide bonds. The Balaban J connectivity index is 1.80. The van der Waals surface area contributed by atoms with E-state index in [0.717, 1.165) is 33.8 Å². The summed E-state index contributed by atoms with van der Waals surface area (Å²) in [6.45, 7) is 4.20. The number of nitrogens with zero attached hydrogens (tertiary/aromatic N) is 3. The average molecular weight is 446 g/mol. The van der Waals surface area contributed by atoms with Crippen LogP contribution in [0.25, 0.3) is 0 Å². The number of oxime groups is 1. The fraction of sp³-hybridized carbons (Fsp3) is 0.391. The molecule has 2 aromatic rings. The van der Waals surface area contributed by atoms with Crippen molar-refractivity contribution in [1.82, 2.24) is 5.32 Å². The molecule has 0 unspecified atom stereocenters. The number of aryl methyl sites for hydroxylation is 1. The minimum atomic E-state index is -4.90. The quantitative estimate of drug-likeness (QED) is 0.400. The number of alkyl halides is 3. The molecule has 2 aliphatic rings. The molecule has 32 heavy (non-hydrogen) atoms. The molecule has 4 rings (SSSR count). The fourth-order valence-electron chi connectivity index (χ4n) is 4.76. The van der Waals surface area contributed by atoms with Gasteiger partial charge in [-0.3, -0.25) is 4.79 Å². The van der Waals surface area contributed by atoms with Crippen LogP contribution >= 0.6 is 0 Å². The first kappa shape index (κ1) is 22.0. The van der Waals surface area contributed by atoms with E-state index in [1.807, 2.05) is 50.4 Å². The third-order valence-electron chi connectivity index (χ3n) is 6.40. The van der Waals surface area contributed by atoms with E-state index in [1.54, 1.807) is 6.92 Å². The van der Waals surface area contributed by atoms with Gasteiger partial charge in [0.05, 0.1) is 23.1 Å². The summed E-state index contributed by atoms with van der Waals surface area (Å²) in [4.78, 5) is 15.8. The first-order chi connectivity index (χ1) is 15.1. The molecule has 9 heteroatoms. The van der Waals surface area contributed by atoms with Crippen LogP contribution in [0.1, 0.15) is 42.5 Å². The van der Waals surface area contributed by atoms with E-state index in [0.29, 0.717) is 25.1 Å². The highest BCUT2D eigenvalue weighted by Gasteiger charge is 2.42. The predicted molar refractivity (Wildman–Crippen MR) is 117 cm³/mol. The molecule has 0 bridgehead atoms. The van der Waals surface area contributed by atoms with E-state index in [-0.39, 0.29) is 6.04 Å². The molecular weight excluding hydrogens is 421 g/mol. The maximum atomic E-state index is 12.8. The molecule has 0 aliphatic carbocycles. The Hall–Kier alpha value is -3.23. The summed E-state index contributed by atoms with van der Waals surface area (Å²) in [5.74, 6) is -1.89. The zero-order chi connectivity index (χ0) is 23.2. The van der Waals surface area contributed by atoms with Crippen LogP contribution in [0.3, 0.4) is 0 Å². The van der Waals surface area contributed by atoms with Crippen LogP contribution < -0.4 is 15.1 Å². The van der Waals surface area contributed by atoms with Crippen molar-refractivity contribution in [2.75, 3.05) is 23.4 Å². The Morgan fingerprint density at radius 2 is 1.94 bits per heavy atom. The van der Waals surface area contributed by atoms with Crippen molar-refractivity contribution in [2.24, 2.45) is 5.16 Å². The van der Waals surface area contributed by atoms with E-state index < -0.39 is 18.1 Å². The summed E-state index contributed by atoms with van der Waals surface area (Å²) < 4.78 is 38.5. The van der Waals surface area contributed by atoms with E-state index in [9.17, 15) is 23.2 Å². The van der Waals surface area contributed by atoms with Crippen LogP contribution in [0, 0.1) is 6.92 Å². The highest BCUT2D eigenvalue weighted by Crippen LogP contribution is 2.49. The van der Waals surface area contributed by atoms with Gasteiger partial charge in [-0.1, -0.05) is 23.4 Å². The normalized spacial score (nSPS) is 20.8. The molecule has 2 heterocycles. The van der Waals surface area contributed by atoms with Crippen LogP contribution in [-0.2, 0) is 4.79 Å². The summed E-state index contributed by atoms with van der Waals surface area (Å²) >= 11 is 0. The first-order valence-electron chi connectivity index (χ1n) is 10.4. The van der Waals surface area contributed by atoms with Crippen molar-refractivity contribution >= 4 is 28.7 Å². The van der Waals surface area contributed by atoms with Gasteiger partial charge in [-0.15, -0.1) is 0 Å². The summed E-state index contributed by atoms with van der Waals surface area (Å²) in [6, 6.07) is 11.0. The van der Waals surface area contributed by atoms with Gasteiger partial charge in [0, 0.05) is 36.4 Å². The summed E-state index contributed by atoms with van der Waals surface area (Å²) in [7, 11) is 1.95. The van der Waals surface area contributed by atoms with Crippen LogP contribution in [0.15, 0.2) is 41.6 Å². The monoisotopic (exact) mass is 446 g/mol. The lowest BCUT2D eigenvalue weighted by molar-refractivity contribution is -0.174. The van der Waals surface area contributed by atoms with Gasteiger partial charge in [-0.2, -0.15) is 13.2 Å². The van der Waals surface area contributed by atoms with Gasteiger partial charge in [0.15, 0.2) is 0 Å². The summed E-state index contributed by atoms with van der Waals surface area (Å²) in [5.41, 5.74) is 6.15. The molecule has 2 aromatic carbocycles. The Morgan fingerprint density at radius 3 is 2.62 bits per heavy atom. The summed E-state index contributed by atoms with van der Waals surface area (Å²) in [5, 5.41) is 14.7. The highest BCUT2D eigenvalue weighted by molar-refractivity contribution is 6.00.